The number of likely N-dealkylation sites (tertiary alicyclic amines) is 1. The topological polar surface area (TPSA) is 102 Å². The first-order chi connectivity index (χ1) is 11.4. The predicted molar refractivity (Wildman–Crippen MR) is 87.3 cm³/mol. The standard InChI is InChI=1S/C16H23N5O3/c1-11-12(10-18-15(17)19-11)13(22)21-5-3-4-16(21,2)14(23)20-6-8-24-9-7-20/h10H,3-9H2,1-2H3,(H2,17,18,19)/t16-/m1/s1. The quantitative estimate of drug-likeness (QED) is 0.831. The Kier molecular flexibility index (Phi) is 4.40. The molecule has 130 valence electrons. The van der Waals surface area contributed by atoms with Crippen molar-refractivity contribution in [1.82, 2.24) is 19.8 Å². The second kappa shape index (κ2) is 6.35. The first-order valence-corrected chi connectivity index (χ1v) is 8.22. The van der Waals surface area contributed by atoms with Crippen LogP contribution in [0, 0.1) is 6.92 Å². The van der Waals surface area contributed by atoms with E-state index in [-0.39, 0.29) is 17.8 Å². The zero-order valence-electron chi connectivity index (χ0n) is 14.1. The Morgan fingerprint density at radius 2 is 2.00 bits per heavy atom. The maximum absolute atomic E-state index is 13.0. The van der Waals surface area contributed by atoms with Gasteiger partial charge in [0, 0.05) is 25.8 Å². The number of anilines is 1. The molecule has 3 rings (SSSR count). The Morgan fingerprint density at radius 3 is 2.67 bits per heavy atom. The molecule has 0 unspecified atom stereocenters. The number of aromatic nitrogens is 2. The molecule has 0 aliphatic carbocycles. The summed E-state index contributed by atoms with van der Waals surface area (Å²) in [5.74, 6) is -0.0857. The third kappa shape index (κ3) is 2.82. The number of nitrogens with zero attached hydrogens (tertiary/aromatic N) is 4. The summed E-state index contributed by atoms with van der Waals surface area (Å²) in [6.45, 7) is 6.35. The summed E-state index contributed by atoms with van der Waals surface area (Å²) in [5, 5.41) is 0. The molecule has 3 heterocycles. The van der Waals surface area contributed by atoms with Gasteiger partial charge in [-0.3, -0.25) is 9.59 Å². The summed E-state index contributed by atoms with van der Waals surface area (Å²) in [5.41, 5.74) is 5.65. The number of carbonyl (C=O) groups is 2. The van der Waals surface area contributed by atoms with Crippen LogP contribution in [0.15, 0.2) is 6.20 Å². The van der Waals surface area contributed by atoms with Crippen molar-refractivity contribution in [3.8, 4) is 0 Å². The molecule has 2 aliphatic heterocycles. The average Bonchev–Trinajstić information content (AvgIpc) is 2.97. The van der Waals surface area contributed by atoms with Gasteiger partial charge in [0.15, 0.2) is 0 Å². The lowest BCUT2D eigenvalue weighted by atomic mass is 9.95. The summed E-state index contributed by atoms with van der Waals surface area (Å²) in [7, 11) is 0. The zero-order chi connectivity index (χ0) is 17.3. The van der Waals surface area contributed by atoms with Crippen molar-refractivity contribution in [2.45, 2.75) is 32.2 Å². The van der Waals surface area contributed by atoms with Crippen LogP contribution in [0.5, 0.6) is 0 Å². The van der Waals surface area contributed by atoms with Crippen molar-refractivity contribution in [3.63, 3.8) is 0 Å². The number of carbonyl (C=O) groups excluding carboxylic acids is 2. The molecule has 2 saturated heterocycles. The summed E-state index contributed by atoms with van der Waals surface area (Å²) in [4.78, 5) is 37.5. The Balaban J connectivity index is 1.86. The molecule has 0 aromatic carbocycles. The van der Waals surface area contributed by atoms with Gasteiger partial charge in [0.25, 0.3) is 5.91 Å². The Bertz CT molecular complexity index is 659. The molecule has 8 nitrogen and oxygen atoms in total. The van der Waals surface area contributed by atoms with E-state index < -0.39 is 5.54 Å². The maximum atomic E-state index is 13.0. The fraction of sp³-hybridized carbons (Fsp3) is 0.625. The highest BCUT2D eigenvalue weighted by Crippen LogP contribution is 2.33. The maximum Gasteiger partial charge on any atom is 0.258 e. The molecule has 1 aromatic heterocycles. The first kappa shape index (κ1) is 16.6. The molecule has 2 fully saturated rings. The average molecular weight is 333 g/mol. The van der Waals surface area contributed by atoms with E-state index in [0.717, 1.165) is 6.42 Å². The minimum absolute atomic E-state index is 0.00864. The lowest BCUT2D eigenvalue weighted by Crippen LogP contribution is -2.58. The molecule has 24 heavy (non-hydrogen) atoms. The third-order valence-corrected chi connectivity index (χ3v) is 4.87. The molecule has 2 aliphatic rings. The number of morpholine rings is 1. The summed E-state index contributed by atoms with van der Waals surface area (Å²) >= 11 is 0. The molecule has 2 N–H and O–H groups in total. The highest BCUT2D eigenvalue weighted by Gasteiger charge is 2.48. The molecule has 2 amide bonds. The largest absolute Gasteiger partial charge is 0.378 e. The van der Waals surface area contributed by atoms with Crippen LogP contribution in [-0.4, -0.2) is 70.0 Å². The zero-order valence-corrected chi connectivity index (χ0v) is 14.1. The highest BCUT2D eigenvalue weighted by atomic mass is 16.5. The van der Waals surface area contributed by atoms with Gasteiger partial charge in [-0.1, -0.05) is 0 Å². The van der Waals surface area contributed by atoms with Crippen molar-refractivity contribution in [2.75, 3.05) is 38.6 Å². The Morgan fingerprint density at radius 1 is 1.29 bits per heavy atom. The number of aryl methyl sites for hydroxylation is 1. The second-order valence-corrected chi connectivity index (χ2v) is 6.47. The van der Waals surface area contributed by atoms with Gasteiger partial charge in [-0.2, -0.15) is 0 Å². The lowest BCUT2D eigenvalue weighted by molar-refractivity contribution is -0.144. The van der Waals surface area contributed by atoms with Crippen LogP contribution in [0.25, 0.3) is 0 Å². The van der Waals surface area contributed by atoms with Gasteiger partial charge >= 0.3 is 0 Å². The third-order valence-electron chi connectivity index (χ3n) is 4.87. The highest BCUT2D eigenvalue weighted by molar-refractivity contribution is 6.00. The monoisotopic (exact) mass is 333 g/mol. The van der Waals surface area contributed by atoms with Crippen molar-refractivity contribution >= 4 is 17.8 Å². The van der Waals surface area contributed by atoms with Gasteiger partial charge in [0.05, 0.1) is 24.5 Å². The molecular weight excluding hydrogens is 310 g/mol. The molecular formula is C16H23N5O3. The van der Waals surface area contributed by atoms with E-state index >= 15 is 0 Å². The molecule has 1 aromatic rings. The SMILES string of the molecule is Cc1nc(N)ncc1C(=O)N1CCC[C@]1(C)C(=O)N1CCOCC1. The minimum atomic E-state index is -0.831. The molecule has 8 heteroatoms. The number of hydrogen-bond donors (Lipinski definition) is 1. The van der Waals surface area contributed by atoms with Crippen LogP contribution >= 0.6 is 0 Å². The van der Waals surface area contributed by atoms with E-state index in [9.17, 15) is 9.59 Å². The van der Waals surface area contributed by atoms with E-state index in [4.69, 9.17) is 10.5 Å². The van der Waals surface area contributed by atoms with Crippen LogP contribution in [0.1, 0.15) is 35.8 Å². The van der Waals surface area contributed by atoms with Crippen LogP contribution in [0.3, 0.4) is 0 Å². The number of ether oxygens (including phenoxy) is 1. The second-order valence-electron chi connectivity index (χ2n) is 6.47. The number of nitrogen functional groups attached to an aromatic ring is 1. The van der Waals surface area contributed by atoms with Gasteiger partial charge < -0.3 is 20.3 Å². The molecule has 0 bridgehead atoms. The van der Waals surface area contributed by atoms with Crippen molar-refractivity contribution in [1.29, 1.82) is 0 Å². The van der Waals surface area contributed by atoms with Crippen LogP contribution in [0.4, 0.5) is 5.95 Å². The van der Waals surface area contributed by atoms with Gasteiger partial charge in [-0.25, -0.2) is 9.97 Å². The molecule has 1 atom stereocenters. The first-order valence-electron chi connectivity index (χ1n) is 8.22. The summed E-state index contributed by atoms with van der Waals surface area (Å²) in [6.07, 6.45) is 2.90. The van der Waals surface area contributed by atoms with Crippen molar-refractivity contribution in [3.05, 3.63) is 17.5 Å². The van der Waals surface area contributed by atoms with E-state index in [1.165, 1.54) is 6.20 Å². The Hall–Kier alpha value is -2.22. The molecule has 0 spiro atoms. The molecule has 0 radical (unpaired) electrons. The predicted octanol–water partition coefficient (Wildman–Crippen LogP) is 0.221. The van der Waals surface area contributed by atoms with Crippen molar-refractivity contribution in [2.24, 2.45) is 0 Å². The smallest absolute Gasteiger partial charge is 0.258 e. The van der Waals surface area contributed by atoms with E-state index in [0.29, 0.717) is 50.5 Å². The van der Waals surface area contributed by atoms with E-state index in [2.05, 4.69) is 9.97 Å². The van der Waals surface area contributed by atoms with E-state index in [1.54, 1.807) is 16.7 Å². The Labute approximate surface area is 141 Å². The van der Waals surface area contributed by atoms with Crippen LogP contribution in [-0.2, 0) is 9.53 Å². The van der Waals surface area contributed by atoms with Crippen LogP contribution in [0.2, 0.25) is 0 Å². The van der Waals surface area contributed by atoms with Gasteiger partial charge in [-0.15, -0.1) is 0 Å². The normalized spacial score (nSPS) is 24.2. The number of rotatable bonds is 2. The fourth-order valence-electron chi connectivity index (χ4n) is 3.46. The number of hydrogen-bond acceptors (Lipinski definition) is 6. The summed E-state index contributed by atoms with van der Waals surface area (Å²) in [6, 6.07) is 0. The van der Waals surface area contributed by atoms with E-state index in [1.807, 2.05) is 6.92 Å². The summed E-state index contributed by atoms with van der Waals surface area (Å²) < 4.78 is 5.31. The van der Waals surface area contributed by atoms with Crippen molar-refractivity contribution < 1.29 is 14.3 Å². The number of nitrogens with two attached hydrogens (primary N) is 1. The van der Waals surface area contributed by atoms with Gasteiger partial charge in [-0.05, 0) is 26.7 Å². The van der Waals surface area contributed by atoms with Crippen LogP contribution < -0.4 is 5.73 Å². The molecule has 0 saturated carbocycles. The van der Waals surface area contributed by atoms with Gasteiger partial charge in [0.2, 0.25) is 11.9 Å². The van der Waals surface area contributed by atoms with Gasteiger partial charge in [0.1, 0.15) is 5.54 Å². The minimum Gasteiger partial charge on any atom is -0.378 e. The number of amides is 2. The fourth-order valence-corrected chi connectivity index (χ4v) is 3.46. The lowest BCUT2D eigenvalue weighted by Gasteiger charge is -2.39.